The summed E-state index contributed by atoms with van der Waals surface area (Å²) in [6.45, 7) is 3.52. The Balaban J connectivity index is 1.77. The van der Waals surface area contributed by atoms with Gasteiger partial charge in [-0.15, -0.1) is 0 Å². The zero-order chi connectivity index (χ0) is 12.4. The van der Waals surface area contributed by atoms with Crippen LogP contribution < -0.4 is 0 Å². The Morgan fingerprint density at radius 2 is 1.82 bits per heavy atom. The van der Waals surface area contributed by atoms with E-state index in [4.69, 9.17) is 5.11 Å². The second-order valence-corrected chi connectivity index (χ2v) is 5.49. The minimum atomic E-state index is -0.721. The monoisotopic (exact) mass is 239 g/mol. The quantitative estimate of drug-likeness (QED) is 0.813. The number of carboxylic acids is 1. The number of nitrogens with zero attached hydrogens (tertiary/aromatic N) is 1. The molecule has 0 bridgehead atoms. The number of carbonyl (C=O) groups excluding carboxylic acids is 1. The summed E-state index contributed by atoms with van der Waals surface area (Å²) < 4.78 is 0. The minimum absolute atomic E-state index is 0.172. The molecule has 1 amide bonds. The highest BCUT2D eigenvalue weighted by Crippen LogP contribution is 2.37. The number of carbonyl (C=O) groups is 2. The molecule has 1 N–H and O–H groups in total. The largest absolute Gasteiger partial charge is 0.481 e. The Morgan fingerprint density at radius 3 is 2.29 bits per heavy atom. The molecule has 2 rings (SSSR count). The van der Waals surface area contributed by atoms with Crippen LogP contribution in [0.1, 0.15) is 39.0 Å². The number of hydrogen-bond acceptors (Lipinski definition) is 2. The molecular weight excluding hydrogens is 218 g/mol. The predicted molar refractivity (Wildman–Crippen MR) is 63.4 cm³/mol. The van der Waals surface area contributed by atoms with Gasteiger partial charge in [-0.05, 0) is 37.5 Å². The first kappa shape index (κ1) is 12.4. The van der Waals surface area contributed by atoms with Gasteiger partial charge in [0.05, 0.1) is 0 Å². The molecule has 0 spiro atoms. The molecule has 4 heteroatoms. The Hall–Kier alpha value is -1.06. The lowest BCUT2D eigenvalue weighted by Crippen LogP contribution is -2.42. The Bertz CT molecular complexity index is 304. The van der Waals surface area contributed by atoms with E-state index < -0.39 is 5.97 Å². The van der Waals surface area contributed by atoms with Crippen molar-refractivity contribution in [2.45, 2.75) is 39.0 Å². The van der Waals surface area contributed by atoms with Crippen molar-refractivity contribution in [3.05, 3.63) is 0 Å². The van der Waals surface area contributed by atoms with Crippen molar-refractivity contribution in [3.8, 4) is 0 Å². The average molecular weight is 239 g/mol. The molecular formula is C13H21NO3. The van der Waals surface area contributed by atoms with Crippen LogP contribution in [-0.2, 0) is 9.59 Å². The molecule has 4 nitrogen and oxygen atoms in total. The summed E-state index contributed by atoms with van der Waals surface area (Å²) in [4.78, 5) is 24.7. The van der Waals surface area contributed by atoms with Crippen LogP contribution in [0.5, 0.6) is 0 Å². The minimum Gasteiger partial charge on any atom is -0.481 e. The maximum Gasteiger partial charge on any atom is 0.303 e. The standard InChI is InChI=1S/C13H21NO3/c1-9(11-2-3-11)13(17)14-6-4-10(5-7-14)8-12(15)16/h9-11H,2-8H2,1H3,(H,15,16). The van der Waals surface area contributed by atoms with Crippen molar-refractivity contribution < 1.29 is 14.7 Å². The van der Waals surface area contributed by atoms with Gasteiger partial charge in [0, 0.05) is 25.4 Å². The van der Waals surface area contributed by atoms with Crippen molar-refractivity contribution in [1.29, 1.82) is 0 Å². The first-order chi connectivity index (χ1) is 8.08. The number of rotatable bonds is 4. The second kappa shape index (κ2) is 5.07. The molecule has 1 heterocycles. The predicted octanol–water partition coefficient (Wildman–Crippen LogP) is 1.75. The number of carboxylic acid groups (broad SMARTS) is 1. The normalized spacial score (nSPS) is 23.5. The number of aliphatic carboxylic acids is 1. The van der Waals surface area contributed by atoms with E-state index in [1.54, 1.807) is 0 Å². The van der Waals surface area contributed by atoms with E-state index in [0.29, 0.717) is 5.92 Å². The topological polar surface area (TPSA) is 57.6 Å². The van der Waals surface area contributed by atoms with Crippen LogP contribution in [0.2, 0.25) is 0 Å². The van der Waals surface area contributed by atoms with Crippen molar-refractivity contribution in [2.24, 2.45) is 17.8 Å². The van der Waals surface area contributed by atoms with Gasteiger partial charge in [0.25, 0.3) is 0 Å². The third-order valence-corrected chi connectivity index (χ3v) is 4.11. The summed E-state index contributed by atoms with van der Waals surface area (Å²) in [5.74, 6) is 0.598. The zero-order valence-corrected chi connectivity index (χ0v) is 10.4. The molecule has 17 heavy (non-hydrogen) atoms. The number of piperidine rings is 1. The van der Waals surface area contributed by atoms with E-state index in [2.05, 4.69) is 0 Å². The van der Waals surface area contributed by atoms with Crippen LogP contribution in [0.3, 0.4) is 0 Å². The SMILES string of the molecule is CC(C(=O)N1CCC(CC(=O)O)CC1)C1CC1. The molecule has 0 aromatic rings. The summed E-state index contributed by atoms with van der Waals surface area (Å²) in [5.41, 5.74) is 0. The van der Waals surface area contributed by atoms with E-state index in [9.17, 15) is 9.59 Å². The first-order valence-electron chi connectivity index (χ1n) is 6.58. The van der Waals surface area contributed by atoms with E-state index in [1.807, 2.05) is 11.8 Å². The number of amides is 1. The van der Waals surface area contributed by atoms with Crippen LogP contribution >= 0.6 is 0 Å². The smallest absolute Gasteiger partial charge is 0.303 e. The second-order valence-electron chi connectivity index (χ2n) is 5.49. The van der Waals surface area contributed by atoms with Gasteiger partial charge in [0.2, 0.25) is 5.91 Å². The van der Waals surface area contributed by atoms with Crippen molar-refractivity contribution >= 4 is 11.9 Å². The van der Waals surface area contributed by atoms with E-state index in [1.165, 1.54) is 12.8 Å². The molecule has 0 aromatic carbocycles. The molecule has 0 radical (unpaired) electrons. The third kappa shape index (κ3) is 3.20. The van der Waals surface area contributed by atoms with Gasteiger partial charge in [0.15, 0.2) is 0 Å². The highest BCUT2D eigenvalue weighted by Gasteiger charge is 2.36. The molecule has 1 saturated carbocycles. The molecule has 0 aromatic heterocycles. The lowest BCUT2D eigenvalue weighted by atomic mass is 9.92. The van der Waals surface area contributed by atoms with E-state index in [0.717, 1.165) is 25.9 Å². The summed E-state index contributed by atoms with van der Waals surface area (Å²) in [6, 6.07) is 0. The third-order valence-electron chi connectivity index (χ3n) is 4.11. The highest BCUT2D eigenvalue weighted by molar-refractivity contribution is 5.79. The lowest BCUT2D eigenvalue weighted by Gasteiger charge is -2.33. The van der Waals surface area contributed by atoms with Gasteiger partial charge in [-0.25, -0.2) is 0 Å². The van der Waals surface area contributed by atoms with Crippen LogP contribution in [0.4, 0.5) is 0 Å². The molecule has 96 valence electrons. The highest BCUT2D eigenvalue weighted by atomic mass is 16.4. The van der Waals surface area contributed by atoms with Gasteiger partial charge in [0.1, 0.15) is 0 Å². The Labute approximate surface area is 102 Å². The Morgan fingerprint density at radius 1 is 1.24 bits per heavy atom. The van der Waals surface area contributed by atoms with Crippen LogP contribution in [-0.4, -0.2) is 35.0 Å². The van der Waals surface area contributed by atoms with Crippen molar-refractivity contribution in [2.75, 3.05) is 13.1 Å². The molecule has 1 aliphatic heterocycles. The maximum atomic E-state index is 12.1. The summed E-state index contributed by atoms with van der Waals surface area (Å²) in [5, 5.41) is 8.73. The van der Waals surface area contributed by atoms with Crippen molar-refractivity contribution in [3.63, 3.8) is 0 Å². The van der Waals surface area contributed by atoms with Crippen molar-refractivity contribution in [1.82, 2.24) is 4.90 Å². The van der Waals surface area contributed by atoms with Gasteiger partial charge >= 0.3 is 5.97 Å². The fraction of sp³-hybridized carbons (Fsp3) is 0.846. The zero-order valence-electron chi connectivity index (χ0n) is 10.4. The Kier molecular flexibility index (Phi) is 3.69. The number of likely N-dealkylation sites (tertiary alicyclic amines) is 1. The lowest BCUT2D eigenvalue weighted by molar-refractivity contribution is -0.139. The number of hydrogen-bond donors (Lipinski definition) is 1. The first-order valence-corrected chi connectivity index (χ1v) is 6.58. The summed E-state index contributed by atoms with van der Waals surface area (Å²) >= 11 is 0. The van der Waals surface area contributed by atoms with Crippen LogP contribution in [0.15, 0.2) is 0 Å². The summed E-state index contributed by atoms with van der Waals surface area (Å²) in [6.07, 6.45) is 4.33. The molecule has 1 atom stereocenters. The van der Waals surface area contributed by atoms with Crippen LogP contribution in [0.25, 0.3) is 0 Å². The molecule has 2 aliphatic rings. The van der Waals surface area contributed by atoms with Gasteiger partial charge < -0.3 is 10.0 Å². The van der Waals surface area contributed by atoms with E-state index in [-0.39, 0.29) is 24.2 Å². The molecule has 1 unspecified atom stereocenters. The van der Waals surface area contributed by atoms with Crippen LogP contribution in [0, 0.1) is 17.8 Å². The molecule has 1 aliphatic carbocycles. The van der Waals surface area contributed by atoms with Gasteiger partial charge in [-0.1, -0.05) is 6.92 Å². The molecule has 1 saturated heterocycles. The maximum absolute atomic E-state index is 12.1. The van der Waals surface area contributed by atoms with Gasteiger partial charge in [-0.3, -0.25) is 9.59 Å². The fourth-order valence-corrected chi connectivity index (χ4v) is 2.69. The fourth-order valence-electron chi connectivity index (χ4n) is 2.69. The summed E-state index contributed by atoms with van der Waals surface area (Å²) in [7, 11) is 0. The van der Waals surface area contributed by atoms with E-state index >= 15 is 0 Å². The molecule has 2 fully saturated rings. The van der Waals surface area contributed by atoms with Gasteiger partial charge in [-0.2, -0.15) is 0 Å². The average Bonchev–Trinajstić information content (AvgIpc) is 3.11.